The van der Waals surface area contributed by atoms with E-state index in [0.717, 1.165) is 21.3 Å². The number of hydrogen-bond acceptors (Lipinski definition) is 5. The van der Waals surface area contributed by atoms with Crippen LogP contribution in [0.4, 0.5) is 0 Å². The fraction of sp³-hybridized carbons (Fsp3) is 0.250. The maximum atomic E-state index is 12.1. The Hall–Kier alpha value is -2.18. The summed E-state index contributed by atoms with van der Waals surface area (Å²) < 4.78 is 1.00. The fourth-order valence-corrected chi connectivity index (χ4v) is 4.37. The number of thiazole rings is 1. The SMILES string of the molecule is Cc1ccc(C)c(CSc2nc(CC(=O)NCc3cccnc3)cs2)c1. The number of benzene rings is 1. The van der Waals surface area contributed by atoms with Crippen LogP contribution in [0.2, 0.25) is 0 Å². The summed E-state index contributed by atoms with van der Waals surface area (Å²) in [6.07, 6.45) is 3.78. The molecule has 0 aliphatic carbocycles. The highest BCUT2D eigenvalue weighted by atomic mass is 32.2. The fourth-order valence-electron chi connectivity index (χ4n) is 2.46. The Morgan fingerprint density at radius 1 is 1.27 bits per heavy atom. The molecule has 0 unspecified atom stereocenters. The summed E-state index contributed by atoms with van der Waals surface area (Å²) in [5, 5.41) is 4.87. The van der Waals surface area contributed by atoms with Gasteiger partial charge in [0.2, 0.25) is 5.91 Å². The number of nitrogens with zero attached hydrogens (tertiary/aromatic N) is 2. The molecule has 0 saturated carbocycles. The number of nitrogens with one attached hydrogen (secondary N) is 1. The van der Waals surface area contributed by atoms with Crippen LogP contribution in [-0.2, 0) is 23.5 Å². The summed E-state index contributed by atoms with van der Waals surface area (Å²) in [6.45, 7) is 4.74. The van der Waals surface area contributed by atoms with Crippen LogP contribution in [-0.4, -0.2) is 15.9 Å². The molecule has 0 fully saturated rings. The van der Waals surface area contributed by atoms with Crippen molar-refractivity contribution in [2.45, 2.75) is 36.9 Å². The van der Waals surface area contributed by atoms with Crippen LogP contribution < -0.4 is 5.32 Å². The first-order valence-electron chi connectivity index (χ1n) is 8.39. The van der Waals surface area contributed by atoms with Crippen LogP contribution in [0.1, 0.15) is 27.9 Å². The van der Waals surface area contributed by atoms with E-state index in [0.29, 0.717) is 13.0 Å². The van der Waals surface area contributed by atoms with E-state index in [1.54, 1.807) is 35.5 Å². The Bertz CT molecular complexity index is 878. The normalized spacial score (nSPS) is 10.7. The van der Waals surface area contributed by atoms with Gasteiger partial charge in [-0.2, -0.15) is 0 Å². The van der Waals surface area contributed by atoms with Crippen LogP contribution in [0.5, 0.6) is 0 Å². The highest BCUT2D eigenvalue weighted by Gasteiger charge is 2.09. The second-order valence-corrected chi connectivity index (χ2v) is 8.22. The van der Waals surface area contributed by atoms with Gasteiger partial charge in [-0.1, -0.05) is 41.6 Å². The van der Waals surface area contributed by atoms with Gasteiger partial charge in [0.05, 0.1) is 12.1 Å². The number of pyridine rings is 1. The first-order chi connectivity index (χ1) is 12.6. The topological polar surface area (TPSA) is 54.9 Å². The number of carbonyl (C=O) groups excluding carboxylic acids is 1. The number of aryl methyl sites for hydroxylation is 2. The van der Waals surface area contributed by atoms with Crippen LogP contribution in [0, 0.1) is 13.8 Å². The Balaban J connectivity index is 1.49. The molecule has 3 aromatic rings. The third-order valence-corrected chi connectivity index (χ3v) is 6.06. The molecule has 0 spiro atoms. The Morgan fingerprint density at radius 3 is 2.96 bits per heavy atom. The molecule has 0 aliphatic heterocycles. The third kappa shape index (κ3) is 5.41. The molecule has 0 atom stereocenters. The van der Waals surface area contributed by atoms with Gasteiger partial charge in [0, 0.05) is 30.1 Å². The van der Waals surface area contributed by atoms with Crippen LogP contribution in [0.25, 0.3) is 0 Å². The Morgan fingerprint density at radius 2 is 2.15 bits per heavy atom. The van der Waals surface area contributed by atoms with Gasteiger partial charge in [-0.25, -0.2) is 4.98 Å². The van der Waals surface area contributed by atoms with E-state index in [1.165, 1.54) is 16.7 Å². The predicted octanol–water partition coefficient (Wildman–Crippen LogP) is 4.31. The van der Waals surface area contributed by atoms with Gasteiger partial charge in [-0.15, -0.1) is 11.3 Å². The molecule has 1 aromatic carbocycles. The van der Waals surface area contributed by atoms with Gasteiger partial charge in [0.1, 0.15) is 4.34 Å². The van der Waals surface area contributed by atoms with E-state index in [4.69, 9.17) is 0 Å². The Kier molecular flexibility index (Phi) is 6.41. The van der Waals surface area contributed by atoms with Gasteiger partial charge in [0.15, 0.2) is 0 Å². The zero-order valence-electron chi connectivity index (χ0n) is 14.9. The van der Waals surface area contributed by atoms with Crippen molar-refractivity contribution in [1.29, 1.82) is 0 Å². The van der Waals surface area contributed by atoms with Gasteiger partial charge in [0.25, 0.3) is 0 Å². The molecule has 26 heavy (non-hydrogen) atoms. The summed E-state index contributed by atoms with van der Waals surface area (Å²) in [5.41, 5.74) is 5.72. The van der Waals surface area contributed by atoms with E-state index < -0.39 is 0 Å². The van der Waals surface area contributed by atoms with Crippen molar-refractivity contribution in [3.63, 3.8) is 0 Å². The summed E-state index contributed by atoms with van der Waals surface area (Å²) in [5.74, 6) is 0.874. The average molecular weight is 384 g/mol. The molecular weight excluding hydrogens is 362 g/mol. The molecule has 6 heteroatoms. The second kappa shape index (κ2) is 8.96. The lowest BCUT2D eigenvalue weighted by molar-refractivity contribution is -0.120. The van der Waals surface area contributed by atoms with Gasteiger partial charge in [-0.05, 0) is 36.6 Å². The van der Waals surface area contributed by atoms with Crippen molar-refractivity contribution in [3.05, 3.63) is 76.1 Å². The van der Waals surface area contributed by atoms with E-state index in [2.05, 4.69) is 47.3 Å². The number of carbonyl (C=O) groups is 1. The molecule has 3 rings (SSSR count). The number of aromatic nitrogens is 2. The van der Waals surface area contributed by atoms with Crippen LogP contribution in [0.3, 0.4) is 0 Å². The standard InChI is InChI=1S/C20H21N3OS2/c1-14-5-6-15(2)17(8-14)12-25-20-23-18(13-26-20)9-19(24)22-11-16-4-3-7-21-10-16/h3-8,10,13H,9,11-12H2,1-2H3,(H,22,24). The van der Waals surface area contributed by atoms with Crippen molar-refractivity contribution in [3.8, 4) is 0 Å². The van der Waals surface area contributed by atoms with Crippen LogP contribution >= 0.6 is 23.1 Å². The minimum Gasteiger partial charge on any atom is -0.352 e. The minimum absolute atomic E-state index is 0.0229. The number of thioether (sulfide) groups is 1. The zero-order chi connectivity index (χ0) is 18.4. The average Bonchev–Trinajstić information content (AvgIpc) is 3.09. The Labute approximate surface area is 162 Å². The minimum atomic E-state index is -0.0229. The first-order valence-corrected chi connectivity index (χ1v) is 10.3. The van der Waals surface area contributed by atoms with E-state index in [9.17, 15) is 4.79 Å². The number of hydrogen-bond donors (Lipinski definition) is 1. The monoisotopic (exact) mass is 383 g/mol. The van der Waals surface area contributed by atoms with E-state index >= 15 is 0 Å². The molecule has 2 aromatic heterocycles. The van der Waals surface area contributed by atoms with E-state index in [1.807, 2.05) is 17.5 Å². The smallest absolute Gasteiger partial charge is 0.226 e. The van der Waals surface area contributed by atoms with Crippen molar-refractivity contribution < 1.29 is 4.79 Å². The zero-order valence-corrected chi connectivity index (χ0v) is 16.5. The lowest BCUT2D eigenvalue weighted by Crippen LogP contribution is -2.24. The molecular formula is C20H21N3OS2. The van der Waals surface area contributed by atoms with Crippen molar-refractivity contribution in [1.82, 2.24) is 15.3 Å². The quantitative estimate of drug-likeness (QED) is 0.618. The highest BCUT2D eigenvalue weighted by Crippen LogP contribution is 2.27. The van der Waals surface area contributed by atoms with Gasteiger partial charge in [-0.3, -0.25) is 9.78 Å². The first kappa shape index (κ1) is 18.6. The molecule has 134 valence electrons. The lowest BCUT2D eigenvalue weighted by atomic mass is 10.1. The molecule has 1 N–H and O–H groups in total. The largest absolute Gasteiger partial charge is 0.352 e. The summed E-state index contributed by atoms with van der Waals surface area (Å²) in [4.78, 5) is 20.7. The molecule has 0 bridgehead atoms. The summed E-state index contributed by atoms with van der Waals surface area (Å²) in [7, 11) is 0. The third-order valence-electron chi connectivity index (χ3n) is 3.94. The predicted molar refractivity (Wildman–Crippen MR) is 107 cm³/mol. The number of rotatable bonds is 7. The summed E-state index contributed by atoms with van der Waals surface area (Å²) in [6, 6.07) is 10.3. The van der Waals surface area contributed by atoms with E-state index in [-0.39, 0.29) is 5.91 Å². The molecule has 4 nitrogen and oxygen atoms in total. The molecule has 0 saturated heterocycles. The van der Waals surface area contributed by atoms with Gasteiger partial charge >= 0.3 is 0 Å². The second-order valence-electron chi connectivity index (χ2n) is 6.14. The molecule has 1 amide bonds. The van der Waals surface area contributed by atoms with Crippen molar-refractivity contribution >= 4 is 29.0 Å². The van der Waals surface area contributed by atoms with Gasteiger partial charge < -0.3 is 5.32 Å². The maximum absolute atomic E-state index is 12.1. The maximum Gasteiger partial charge on any atom is 0.226 e. The highest BCUT2D eigenvalue weighted by molar-refractivity contribution is 8.00. The van der Waals surface area contributed by atoms with Crippen molar-refractivity contribution in [2.75, 3.05) is 0 Å². The molecule has 2 heterocycles. The molecule has 0 radical (unpaired) electrons. The van der Waals surface area contributed by atoms with Crippen molar-refractivity contribution in [2.24, 2.45) is 0 Å². The number of amides is 1. The lowest BCUT2D eigenvalue weighted by Gasteiger charge is -2.05. The summed E-state index contributed by atoms with van der Waals surface area (Å²) >= 11 is 3.32. The van der Waals surface area contributed by atoms with Crippen LogP contribution in [0.15, 0.2) is 52.4 Å². The molecule has 0 aliphatic rings.